The van der Waals surface area contributed by atoms with Gasteiger partial charge in [-0.05, 0) is 46.2 Å². The van der Waals surface area contributed by atoms with Gasteiger partial charge in [0.2, 0.25) is 0 Å². The van der Waals surface area contributed by atoms with Crippen LogP contribution in [-0.2, 0) is 5.41 Å². The van der Waals surface area contributed by atoms with Crippen molar-refractivity contribution in [3.8, 4) is 11.1 Å². The highest BCUT2D eigenvalue weighted by molar-refractivity contribution is 5.81. The van der Waals surface area contributed by atoms with E-state index in [2.05, 4.69) is 97.1 Å². The van der Waals surface area contributed by atoms with Gasteiger partial charge in [0.1, 0.15) is 0 Å². The number of benzene rings is 4. The molecule has 0 radical (unpaired) electrons. The summed E-state index contributed by atoms with van der Waals surface area (Å²) in [5, 5.41) is 0. The number of nitrogens with two attached hydrogens (primary N) is 2. The Morgan fingerprint density at radius 2 is 0.839 bits per heavy atom. The second-order valence-corrected chi connectivity index (χ2v) is 8.62. The van der Waals surface area contributed by atoms with Gasteiger partial charge in [0.25, 0.3) is 0 Å². The zero-order valence-electron chi connectivity index (χ0n) is 17.6. The van der Waals surface area contributed by atoms with Gasteiger partial charge in [0, 0.05) is 17.5 Å². The van der Waals surface area contributed by atoms with E-state index in [1.54, 1.807) is 0 Å². The number of rotatable bonds is 6. The Bertz CT molecular complexity index is 1070. The van der Waals surface area contributed by atoms with E-state index in [-0.39, 0.29) is 17.5 Å². The van der Waals surface area contributed by atoms with Crippen LogP contribution < -0.4 is 11.5 Å². The number of hydrogen-bond acceptors (Lipinski definition) is 2. The van der Waals surface area contributed by atoms with Gasteiger partial charge in [-0.3, -0.25) is 0 Å². The van der Waals surface area contributed by atoms with Crippen LogP contribution in [0.4, 0.5) is 0 Å². The Kier molecular flexibility index (Phi) is 5.19. The second kappa shape index (κ2) is 8.14. The van der Waals surface area contributed by atoms with Crippen molar-refractivity contribution >= 4 is 0 Å². The minimum absolute atomic E-state index is 0.0802. The fourth-order valence-corrected chi connectivity index (χ4v) is 5.33. The molecule has 2 heteroatoms. The van der Waals surface area contributed by atoms with Gasteiger partial charge < -0.3 is 11.5 Å². The van der Waals surface area contributed by atoms with E-state index in [1.165, 1.54) is 22.3 Å². The van der Waals surface area contributed by atoms with Crippen LogP contribution in [0.2, 0.25) is 0 Å². The molecule has 4 N–H and O–H groups in total. The van der Waals surface area contributed by atoms with Gasteiger partial charge in [0.15, 0.2) is 0 Å². The maximum atomic E-state index is 6.85. The molecule has 0 fully saturated rings. The van der Waals surface area contributed by atoms with Crippen LogP contribution in [0.25, 0.3) is 11.1 Å². The molecule has 154 valence electrons. The smallest absolute Gasteiger partial charge is 0.0306 e. The molecule has 0 spiro atoms. The van der Waals surface area contributed by atoms with Gasteiger partial charge in [-0.1, -0.05) is 109 Å². The maximum absolute atomic E-state index is 6.85. The van der Waals surface area contributed by atoms with Crippen LogP contribution in [0.3, 0.4) is 0 Å². The first-order valence-electron chi connectivity index (χ1n) is 11.0. The molecule has 0 amide bonds. The lowest BCUT2D eigenvalue weighted by atomic mass is 9.68. The lowest BCUT2D eigenvalue weighted by Gasteiger charge is -2.37. The predicted molar refractivity (Wildman–Crippen MR) is 129 cm³/mol. The Hall–Kier alpha value is -3.20. The first-order valence-corrected chi connectivity index (χ1v) is 11.0. The zero-order valence-corrected chi connectivity index (χ0v) is 17.6. The molecule has 4 aromatic carbocycles. The summed E-state index contributed by atoms with van der Waals surface area (Å²) in [6.07, 6.45) is 1.62. The first-order chi connectivity index (χ1) is 15.2. The molecule has 0 bridgehead atoms. The zero-order chi connectivity index (χ0) is 21.3. The van der Waals surface area contributed by atoms with E-state index >= 15 is 0 Å². The van der Waals surface area contributed by atoms with E-state index in [0.29, 0.717) is 0 Å². The molecule has 0 aliphatic heterocycles. The lowest BCUT2D eigenvalue weighted by molar-refractivity contribution is 0.375. The summed E-state index contributed by atoms with van der Waals surface area (Å²) in [5.74, 6) is 0. The average Bonchev–Trinajstić information content (AvgIpc) is 3.10. The molecular weight excluding hydrogens is 376 g/mol. The fourth-order valence-electron chi connectivity index (χ4n) is 5.33. The summed E-state index contributed by atoms with van der Waals surface area (Å²) in [6.45, 7) is 0. The quantitative estimate of drug-likeness (QED) is 0.406. The Morgan fingerprint density at radius 3 is 1.26 bits per heavy atom. The molecule has 1 aliphatic rings. The first kappa shape index (κ1) is 19.7. The summed E-state index contributed by atoms with van der Waals surface area (Å²) >= 11 is 0. The van der Waals surface area contributed by atoms with E-state index in [9.17, 15) is 0 Å². The summed E-state index contributed by atoms with van der Waals surface area (Å²) < 4.78 is 0. The molecule has 0 aromatic heterocycles. The Morgan fingerprint density at radius 1 is 0.484 bits per heavy atom. The van der Waals surface area contributed by atoms with Crippen molar-refractivity contribution in [2.45, 2.75) is 30.3 Å². The molecule has 0 saturated carbocycles. The van der Waals surface area contributed by atoms with Crippen LogP contribution in [0, 0.1) is 0 Å². The highest BCUT2D eigenvalue weighted by Crippen LogP contribution is 2.55. The molecular formula is C29H28N2. The van der Waals surface area contributed by atoms with Crippen LogP contribution >= 0.6 is 0 Å². The van der Waals surface area contributed by atoms with Gasteiger partial charge in [-0.2, -0.15) is 0 Å². The summed E-state index contributed by atoms with van der Waals surface area (Å²) in [4.78, 5) is 0. The molecule has 2 nitrogen and oxygen atoms in total. The maximum Gasteiger partial charge on any atom is 0.0306 e. The molecule has 1 aliphatic carbocycles. The normalized spacial score (nSPS) is 15.7. The topological polar surface area (TPSA) is 52.0 Å². The Labute approximate surface area is 184 Å². The van der Waals surface area contributed by atoms with Crippen molar-refractivity contribution in [3.05, 3.63) is 131 Å². The molecule has 5 rings (SSSR count). The van der Waals surface area contributed by atoms with Crippen molar-refractivity contribution in [3.63, 3.8) is 0 Å². The highest BCUT2D eigenvalue weighted by atomic mass is 14.7. The fraction of sp³-hybridized carbons (Fsp3) is 0.172. The molecule has 4 aromatic rings. The van der Waals surface area contributed by atoms with Gasteiger partial charge in [-0.15, -0.1) is 0 Å². The van der Waals surface area contributed by atoms with E-state index in [0.717, 1.165) is 24.0 Å². The average molecular weight is 405 g/mol. The third-order valence-corrected chi connectivity index (χ3v) is 6.77. The summed E-state index contributed by atoms with van der Waals surface area (Å²) in [5.41, 5.74) is 21.1. The van der Waals surface area contributed by atoms with Gasteiger partial charge >= 0.3 is 0 Å². The van der Waals surface area contributed by atoms with Crippen LogP contribution in [-0.4, -0.2) is 0 Å². The monoisotopic (exact) mass is 404 g/mol. The molecule has 31 heavy (non-hydrogen) atoms. The molecule has 0 heterocycles. The van der Waals surface area contributed by atoms with Crippen molar-refractivity contribution in [1.29, 1.82) is 0 Å². The third-order valence-electron chi connectivity index (χ3n) is 6.77. The standard InChI is InChI=1S/C29H28N2/c30-27(21-11-3-1-4-12-21)19-29(20-28(31)22-13-5-2-6-14-22)25-17-9-7-15-23(25)24-16-8-10-18-26(24)29/h1-18,27-28H,19-20,30-31H2. The molecule has 2 unspecified atom stereocenters. The van der Waals surface area contributed by atoms with Gasteiger partial charge in [0.05, 0.1) is 0 Å². The summed E-state index contributed by atoms with van der Waals surface area (Å²) in [6, 6.07) is 38.2. The Balaban J connectivity index is 1.65. The van der Waals surface area contributed by atoms with E-state index in [1.807, 2.05) is 12.1 Å². The SMILES string of the molecule is NC(CC1(CC(N)c2ccccc2)c2ccccc2-c2ccccc21)c1ccccc1. The van der Waals surface area contributed by atoms with Gasteiger partial charge in [-0.25, -0.2) is 0 Å². The third kappa shape index (κ3) is 3.48. The minimum Gasteiger partial charge on any atom is -0.324 e. The van der Waals surface area contributed by atoms with Crippen molar-refractivity contribution < 1.29 is 0 Å². The van der Waals surface area contributed by atoms with Crippen molar-refractivity contribution in [1.82, 2.24) is 0 Å². The predicted octanol–water partition coefficient (Wildman–Crippen LogP) is 6.13. The summed E-state index contributed by atoms with van der Waals surface area (Å²) in [7, 11) is 0. The highest BCUT2D eigenvalue weighted by Gasteiger charge is 2.45. The number of hydrogen-bond donors (Lipinski definition) is 2. The van der Waals surface area contributed by atoms with Crippen LogP contribution in [0.5, 0.6) is 0 Å². The lowest BCUT2D eigenvalue weighted by Crippen LogP contribution is -2.34. The number of fused-ring (bicyclic) bond motifs is 3. The van der Waals surface area contributed by atoms with Crippen molar-refractivity contribution in [2.24, 2.45) is 11.5 Å². The molecule has 0 saturated heterocycles. The largest absolute Gasteiger partial charge is 0.324 e. The van der Waals surface area contributed by atoms with Crippen LogP contribution in [0.15, 0.2) is 109 Å². The second-order valence-electron chi connectivity index (χ2n) is 8.62. The van der Waals surface area contributed by atoms with E-state index < -0.39 is 0 Å². The molecule has 2 atom stereocenters. The van der Waals surface area contributed by atoms with E-state index in [4.69, 9.17) is 11.5 Å². The minimum atomic E-state index is -0.238. The van der Waals surface area contributed by atoms with Crippen molar-refractivity contribution in [2.75, 3.05) is 0 Å². The van der Waals surface area contributed by atoms with Crippen LogP contribution in [0.1, 0.15) is 47.2 Å².